The molecule has 2 heterocycles. The van der Waals surface area contributed by atoms with Gasteiger partial charge in [0.05, 0.1) is 6.61 Å². The van der Waals surface area contributed by atoms with Gasteiger partial charge in [0, 0.05) is 25.5 Å². The first kappa shape index (κ1) is 12.1. The van der Waals surface area contributed by atoms with E-state index in [4.69, 9.17) is 4.74 Å². The SMILES string of the molecule is COCCN1CCC(c2nc(C3CC3)n[nH]2)CC1. The molecule has 0 amide bonds. The highest BCUT2D eigenvalue weighted by Crippen LogP contribution is 2.38. The molecular formula is C13H22N4O. The summed E-state index contributed by atoms with van der Waals surface area (Å²) >= 11 is 0. The molecule has 3 rings (SSSR count). The summed E-state index contributed by atoms with van der Waals surface area (Å²) in [6.07, 6.45) is 4.91. The molecule has 1 aromatic heterocycles. The minimum Gasteiger partial charge on any atom is -0.383 e. The number of ether oxygens (including phenoxy) is 1. The van der Waals surface area contributed by atoms with E-state index in [0.717, 1.165) is 37.9 Å². The summed E-state index contributed by atoms with van der Waals surface area (Å²) in [5.41, 5.74) is 0. The van der Waals surface area contributed by atoms with E-state index in [2.05, 4.69) is 20.1 Å². The summed E-state index contributed by atoms with van der Waals surface area (Å²) in [5, 5.41) is 7.50. The average molecular weight is 250 g/mol. The van der Waals surface area contributed by atoms with Gasteiger partial charge in [0.25, 0.3) is 0 Å². The van der Waals surface area contributed by atoms with Crippen molar-refractivity contribution in [2.24, 2.45) is 0 Å². The fourth-order valence-electron chi connectivity index (χ4n) is 2.65. The van der Waals surface area contributed by atoms with Crippen molar-refractivity contribution >= 4 is 0 Å². The fourth-order valence-corrected chi connectivity index (χ4v) is 2.65. The number of rotatable bonds is 5. The van der Waals surface area contributed by atoms with E-state index < -0.39 is 0 Å². The molecule has 0 unspecified atom stereocenters. The Bertz CT molecular complexity index is 380. The Morgan fingerprint density at radius 1 is 1.22 bits per heavy atom. The number of methoxy groups -OCH3 is 1. The van der Waals surface area contributed by atoms with Gasteiger partial charge >= 0.3 is 0 Å². The van der Waals surface area contributed by atoms with Crippen LogP contribution in [0.4, 0.5) is 0 Å². The van der Waals surface area contributed by atoms with Crippen LogP contribution in [-0.2, 0) is 4.74 Å². The molecule has 0 bridgehead atoms. The number of nitrogens with zero attached hydrogens (tertiary/aromatic N) is 3. The molecule has 0 radical (unpaired) electrons. The third-order valence-corrected chi connectivity index (χ3v) is 4.05. The van der Waals surface area contributed by atoms with Gasteiger partial charge in [-0.15, -0.1) is 0 Å². The molecule has 0 aromatic carbocycles. The highest BCUT2D eigenvalue weighted by Gasteiger charge is 2.29. The van der Waals surface area contributed by atoms with E-state index >= 15 is 0 Å². The molecule has 100 valence electrons. The number of aromatic nitrogens is 3. The smallest absolute Gasteiger partial charge is 0.153 e. The number of H-pyrrole nitrogens is 1. The monoisotopic (exact) mass is 250 g/mol. The maximum atomic E-state index is 5.12. The largest absolute Gasteiger partial charge is 0.383 e. The molecule has 0 atom stereocenters. The Morgan fingerprint density at radius 3 is 2.67 bits per heavy atom. The van der Waals surface area contributed by atoms with Crippen LogP contribution in [-0.4, -0.2) is 53.4 Å². The van der Waals surface area contributed by atoms with Gasteiger partial charge < -0.3 is 9.64 Å². The Balaban J connectivity index is 1.51. The molecular weight excluding hydrogens is 228 g/mol. The molecule has 1 saturated heterocycles. The zero-order valence-corrected chi connectivity index (χ0v) is 11.1. The van der Waals surface area contributed by atoms with Crippen molar-refractivity contribution in [2.45, 2.75) is 37.5 Å². The molecule has 2 fully saturated rings. The van der Waals surface area contributed by atoms with Gasteiger partial charge in [-0.05, 0) is 38.8 Å². The molecule has 5 heteroatoms. The Morgan fingerprint density at radius 2 is 2.00 bits per heavy atom. The second kappa shape index (κ2) is 5.36. The van der Waals surface area contributed by atoms with Crippen molar-refractivity contribution in [3.63, 3.8) is 0 Å². The van der Waals surface area contributed by atoms with Gasteiger partial charge in [0.1, 0.15) is 5.82 Å². The van der Waals surface area contributed by atoms with Crippen LogP contribution in [0, 0.1) is 0 Å². The quantitative estimate of drug-likeness (QED) is 0.860. The highest BCUT2D eigenvalue weighted by molar-refractivity contribution is 5.08. The van der Waals surface area contributed by atoms with Crippen LogP contribution in [0.15, 0.2) is 0 Å². The van der Waals surface area contributed by atoms with E-state index in [1.54, 1.807) is 7.11 Å². The van der Waals surface area contributed by atoms with E-state index in [1.165, 1.54) is 25.7 Å². The third-order valence-electron chi connectivity index (χ3n) is 4.05. The lowest BCUT2D eigenvalue weighted by Crippen LogP contribution is -2.35. The van der Waals surface area contributed by atoms with Crippen LogP contribution in [0.5, 0.6) is 0 Å². The number of nitrogens with one attached hydrogen (secondary N) is 1. The zero-order chi connectivity index (χ0) is 12.4. The number of likely N-dealkylation sites (tertiary alicyclic amines) is 1. The third kappa shape index (κ3) is 2.72. The summed E-state index contributed by atoms with van der Waals surface area (Å²) in [6.45, 7) is 4.17. The Hall–Kier alpha value is -0.940. The van der Waals surface area contributed by atoms with E-state index in [-0.39, 0.29) is 0 Å². The standard InChI is InChI=1S/C13H22N4O/c1-18-9-8-17-6-4-11(5-7-17)13-14-12(15-16-13)10-2-3-10/h10-11H,2-9H2,1H3,(H,14,15,16). The molecule has 1 N–H and O–H groups in total. The van der Waals surface area contributed by atoms with Gasteiger partial charge in [0.2, 0.25) is 0 Å². The number of piperidine rings is 1. The molecule has 1 aromatic rings. The summed E-state index contributed by atoms with van der Waals surface area (Å²) in [6, 6.07) is 0. The first-order valence-electron chi connectivity index (χ1n) is 7.00. The lowest BCUT2D eigenvalue weighted by Gasteiger charge is -2.30. The molecule has 0 spiro atoms. The summed E-state index contributed by atoms with van der Waals surface area (Å²) < 4.78 is 5.12. The van der Waals surface area contributed by atoms with Crippen molar-refractivity contribution in [2.75, 3.05) is 33.4 Å². The van der Waals surface area contributed by atoms with Crippen molar-refractivity contribution in [1.82, 2.24) is 20.1 Å². The van der Waals surface area contributed by atoms with E-state index in [9.17, 15) is 0 Å². The predicted molar refractivity (Wildman–Crippen MR) is 68.6 cm³/mol. The average Bonchev–Trinajstić information content (AvgIpc) is 3.15. The summed E-state index contributed by atoms with van der Waals surface area (Å²) in [5.74, 6) is 3.38. The van der Waals surface area contributed by atoms with Gasteiger partial charge in [-0.2, -0.15) is 5.10 Å². The van der Waals surface area contributed by atoms with Crippen LogP contribution in [0.1, 0.15) is 49.2 Å². The first-order chi connectivity index (χ1) is 8.86. The van der Waals surface area contributed by atoms with Crippen molar-refractivity contribution in [3.8, 4) is 0 Å². The maximum Gasteiger partial charge on any atom is 0.153 e. The molecule has 1 aliphatic heterocycles. The molecule has 1 saturated carbocycles. The van der Waals surface area contributed by atoms with Crippen molar-refractivity contribution in [3.05, 3.63) is 11.6 Å². The van der Waals surface area contributed by atoms with Crippen LogP contribution in [0.3, 0.4) is 0 Å². The molecule has 1 aliphatic carbocycles. The Kier molecular flexibility index (Phi) is 3.61. The van der Waals surface area contributed by atoms with Crippen LogP contribution >= 0.6 is 0 Å². The van der Waals surface area contributed by atoms with Crippen molar-refractivity contribution < 1.29 is 4.74 Å². The lowest BCUT2D eigenvalue weighted by atomic mass is 9.96. The topological polar surface area (TPSA) is 54.0 Å². The fraction of sp³-hybridized carbons (Fsp3) is 0.846. The minimum absolute atomic E-state index is 0.573. The number of aromatic amines is 1. The van der Waals surface area contributed by atoms with Crippen LogP contribution in [0.2, 0.25) is 0 Å². The number of hydrogen-bond donors (Lipinski definition) is 1. The zero-order valence-electron chi connectivity index (χ0n) is 11.1. The molecule has 2 aliphatic rings. The molecule has 18 heavy (non-hydrogen) atoms. The lowest BCUT2D eigenvalue weighted by molar-refractivity contribution is 0.129. The van der Waals surface area contributed by atoms with E-state index in [1.807, 2.05) is 0 Å². The molecule has 5 nitrogen and oxygen atoms in total. The van der Waals surface area contributed by atoms with Gasteiger partial charge in [-0.1, -0.05) is 0 Å². The summed E-state index contributed by atoms with van der Waals surface area (Å²) in [7, 11) is 1.76. The normalized spacial score (nSPS) is 22.5. The van der Waals surface area contributed by atoms with Crippen LogP contribution < -0.4 is 0 Å². The van der Waals surface area contributed by atoms with Gasteiger partial charge in [-0.3, -0.25) is 5.10 Å². The highest BCUT2D eigenvalue weighted by atomic mass is 16.5. The van der Waals surface area contributed by atoms with E-state index in [0.29, 0.717) is 11.8 Å². The van der Waals surface area contributed by atoms with Crippen molar-refractivity contribution in [1.29, 1.82) is 0 Å². The predicted octanol–water partition coefficient (Wildman–Crippen LogP) is 1.51. The van der Waals surface area contributed by atoms with Crippen LogP contribution in [0.25, 0.3) is 0 Å². The Labute approximate surface area is 108 Å². The first-order valence-corrected chi connectivity index (χ1v) is 7.00. The number of hydrogen-bond acceptors (Lipinski definition) is 4. The summed E-state index contributed by atoms with van der Waals surface area (Å²) in [4.78, 5) is 7.14. The maximum absolute atomic E-state index is 5.12. The van der Waals surface area contributed by atoms with Gasteiger partial charge in [0.15, 0.2) is 5.82 Å². The minimum atomic E-state index is 0.573. The second-order valence-electron chi connectivity index (χ2n) is 5.46. The van der Waals surface area contributed by atoms with Gasteiger partial charge in [-0.25, -0.2) is 4.98 Å². The second-order valence-corrected chi connectivity index (χ2v) is 5.46.